The second-order valence-electron chi connectivity index (χ2n) is 6.88. The van der Waals surface area contributed by atoms with Crippen LogP contribution in [-0.4, -0.2) is 30.8 Å². The fourth-order valence-electron chi connectivity index (χ4n) is 3.21. The van der Waals surface area contributed by atoms with Crippen LogP contribution in [0.15, 0.2) is 67.0 Å². The van der Waals surface area contributed by atoms with Crippen molar-refractivity contribution < 1.29 is 23.9 Å². The average Bonchev–Trinajstić information content (AvgIpc) is 3.07. The lowest BCUT2D eigenvalue weighted by atomic mass is 10.0. The van der Waals surface area contributed by atoms with Crippen molar-refractivity contribution in [2.24, 2.45) is 0 Å². The van der Waals surface area contributed by atoms with Crippen LogP contribution in [0, 0.1) is 0 Å². The SMILES string of the molecule is C=C(NC(=O)C(=C)N1C(=O)Cc2ccc(-c3ccc(NC(C)=O)cc3)cc21)C(=O)OC. The van der Waals surface area contributed by atoms with Gasteiger partial charge in [-0.25, -0.2) is 4.79 Å². The lowest BCUT2D eigenvalue weighted by Gasteiger charge is -2.20. The minimum atomic E-state index is -0.792. The molecule has 0 saturated heterocycles. The second-order valence-corrected chi connectivity index (χ2v) is 6.88. The number of hydrogen-bond acceptors (Lipinski definition) is 5. The van der Waals surface area contributed by atoms with Crippen molar-refractivity contribution in [1.82, 2.24) is 5.32 Å². The summed E-state index contributed by atoms with van der Waals surface area (Å²) in [6.07, 6.45) is 0.126. The zero-order valence-electron chi connectivity index (χ0n) is 17.2. The van der Waals surface area contributed by atoms with Crippen LogP contribution in [-0.2, 0) is 30.3 Å². The molecule has 0 bridgehead atoms. The number of methoxy groups -OCH3 is 1. The summed E-state index contributed by atoms with van der Waals surface area (Å²) in [5.74, 6) is -2.00. The summed E-state index contributed by atoms with van der Waals surface area (Å²) in [6, 6.07) is 12.7. The van der Waals surface area contributed by atoms with E-state index in [1.165, 1.54) is 18.9 Å². The van der Waals surface area contributed by atoms with Gasteiger partial charge in [-0.2, -0.15) is 0 Å². The quantitative estimate of drug-likeness (QED) is 0.553. The van der Waals surface area contributed by atoms with Crippen LogP contribution in [0.5, 0.6) is 0 Å². The van der Waals surface area contributed by atoms with Crippen molar-refractivity contribution in [3.05, 3.63) is 72.6 Å². The molecule has 1 aliphatic rings. The molecule has 0 atom stereocenters. The van der Waals surface area contributed by atoms with E-state index >= 15 is 0 Å². The zero-order chi connectivity index (χ0) is 22.7. The monoisotopic (exact) mass is 419 g/mol. The molecular formula is C23H21N3O5. The molecule has 0 aromatic heterocycles. The summed E-state index contributed by atoms with van der Waals surface area (Å²) >= 11 is 0. The van der Waals surface area contributed by atoms with Crippen molar-refractivity contribution in [2.75, 3.05) is 17.3 Å². The van der Waals surface area contributed by atoms with Gasteiger partial charge in [0, 0.05) is 12.6 Å². The number of hydrogen-bond donors (Lipinski definition) is 2. The topological polar surface area (TPSA) is 105 Å². The number of anilines is 2. The highest BCUT2D eigenvalue weighted by Gasteiger charge is 2.32. The third kappa shape index (κ3) is 4.53. The van der Waals surface area contributed by atoms with Crippen LogP contribution in [0.2, 0.25) is 0 Å². The van der Waals surface area contributed by atoms with E-state index in [1.54, 1.807) is 18.2 Å². The summed E-state index contributed by atoms with van der Waals surface area (Å²) in [7, 11) is 1.17. The number of nitrogens with zero attached hydrogens (tertiary/aromatic N) is 1. The molecule has 0 radical (unpaired) electrons. The highest BCUT2D eigenvalue weighted by molar-refractivity contribution is 6.13. The zero-order valence-corrected chi connectivity index (χ0v) is 17.2. The minimum absolute atomic E-state index is 0.126. The number of esters is 1. The van der Waals surface area contributed by atoms with E-state index < -0.39 is 11.9 Å². The number of benzene rings is 2. The van der Waals surface area contributed by atoms with Crippen LogP contribution in [0.3, 0.4) is 0 Å². The van der Waals surface area contributed by atoms with Crippen LogP contribution in [0.1, 0.15) is 12.5 Å². The number of carbonyl (C=O) groups excluding carboxylic acids is 4. The summed E-state index contributed by atoms with van der Waals surface area (Å²) in [5, 5.41) is 5.00. The fraction of sp³-hybridized carbons (Fsp3) is 0.130. The third-order valence-corrected chi connectivity index (χ3v) is 4.68. The summed E-state index contributed by atoms with van der Waals surface area (Å²) in [4.78, 5) is 48.9. The maximum absolute atomic E-state index is 12.6. The molecule has 0 fully saturated rings. The van der Waals surface area contributed by atoms with Gasteiger partial charge < -0.3 is 15.4 Å². The summed E-state index contributed by atoms with van der Waals surface area (Å²) in [6.45, 7) is 8.60. The van der Waals surface area contributed by atoms with E-state index in [-0.39, 0.29) is 29.6 Å². The molecule has 0 spiro atoms. The smallest absolute Gasteiger partial charge is 0.353 e. The van der Waals surface area contributed by atoms with E-state index in [1.807, 2.05) is 24.3 Å². The normalized spacial score (nSPS) is 12.1. The van der Waals surface area contributed by atoms with E-state index in [0.717, 1.165) is 16.7 Å². The van der Waals surface area contributed by atoms with Crippen LogP contribution < -0.4 is 15.5 Å². The Kier molecular flexibility index (Phi) is 6.01. The molecule has 0 unspecified atom stereocenters. The number of nitrogens with one attached hydrogen (secondary N) is 2. The van der Waals surface area contributed by atoms with Gasteiger partial charge in [-0.05, 0) is 34.9 Å². The van der Waals surface area contributed by atoms with Crippen LogP contribution >= 0.6 is 0 Å². The predicted octanol–water partition coefficient (Wildman–Crippen LogP) is 2.52. The van der Waals surface area contributed by atoms with Crippen LogP contribution in [0.25, 0.3) is 11.1 Å². The average molecular weight is 419 g/mol. The molecule has 2 N–H and O–H groups in total. The molecule has 1 heterocycles. The van der Waals surface area contributed by atoms with Gasteiger partial charge in [0.25, 0.3) is 5.91 Å². The molecule has 31 heavy (non-hydrogen) atoms. The molecule has 0 saturated carbocycles. The van der Waals surface area contributed by atoms with Gasteiger partial charge in [-0.3, -0.25) is 19.3 Å². The largest absolute Gasteiger partial charge is 0.464 e. The highest BCUT2D eigenvalue weighted by atomic mass is 16.5. The first-order valence-corrected chi connectivity index (χ1v) is 9.32. The van der Waals surface area contributed by atoms with Gasteiger partial charge in [0.15, 0.2) is 0 Å². The molecule has 3 amide bonds. The Labute approximate surface area is 179 Å². The molecule has 3 rings (SSSR count). The van der Waals surface area contributed by atoms with Gasteiger partial charge in [0.2, 0.25) is 11.8 Å². The first kappa shape index (κ1) is 21.5. The van der Waals surface area contributed by atoms with Crippen molar-refractivity contribution in [1.29, 1.82) is 0 Å². The molecule has 2 aromatic rings. The number of rotatable bonds is 6. The third-order valence-electron chi connectivity index (χ3n) is 4.68. The van der Waals surface area contributed by atoms with Gasteiger partial charge in [0.05, 0.1) is 19.2 Å². The molecule has 8 heteroatoms. The van der Waals surface area contributed by atoms with Crippen LogP contribution in [0.4, 0.5) is 11.4 Å². The van der Waals surface area contributed by atoms with Crippen molar-refractivity contribution in [3.8, 4) is 11.1 Å². The first-order valence-electron chi connectivity index (χ1n) is 9.32. The fourth-order valence-corrected chi connectivity index (χ4v) is 3.21. The Morgan fingerprint density at radius 1 is 1.03 bits per heavy atom. The maximum Gasteiger partial charge on any atom is 0.353 e. The van der Waals surface area contributed by atoms with E-state index in [2.05, 4.69) is 28.5 Å². The molecule has 2 aromatic carbocycles. The van der Waals surface area contributed by atoms with Gasteiger partial charge in [-0.1, -0.05) is 37.4 Å². The second kappa shape index (κ2) is 8.66. The predicted molar refractivity (Wildman–Crippen MR) is 116 cm³/mol. The maximum atomic E-state index is 12.6. The molecular weight excluding hydrogens is 398 g/mol. The molecule has 8 nitrogen and oxygen atoms in total. The van der Waals surface area contributed by atoms with Crippen molar-refractivity contribution >= 4 is 35.1 Å². The number of fused-ring (bicyclic) bond motifs is 1. The van der Waals surface area contributed by atoms with E-state index in [0.29, 0.717) is 11.4 Å². The lowest BCUT2D eigenvalue weighted by Crippen LogP contribution is -2.37. The first-order chi connectivity index (χ1) is 14.7. The van der Waals surface area contributed by atoms with Gasteiger partial charge in [0.1, 0.15) is 11.4 Å². The summed E-state index contributed by atoms with van der Waals surface area (Å²) in [5.41, 5.74) is 3.26. The Hall–Kier alpha value is -4.20. The van der Waals surface area contributed by atoms with Gasteiger partial charge in [-0.15, -0.1) is 0 Å². The van der Waals surface area contributed by atoms with E-state index in [9.17, 15) is 19.2 Å². The Bertz CT molecular complexity index is 1120. The van der Waals surface area contributed by atoms with Crippen molar-refractivity contribution in [3.63, 3.8) is 0 Å². The molecule has 0 aliphatic carbocycles. The number of carbonyl (C=O) groups is 4. The Morgan fingerprint density at radius 2 is 1.68 bits per heavy atom. The van der Waals surface area contributed by atoms with Crippen molar-refractivity contribution in [2.45, 2.75) is 13.3 Å². The highest BCUT2D eigenvalue weighted by Crippen LogP contribution is 2.35. The minimum Gasteiger partial charge on any atom is -0.464 e. The summed E-state index contributed by atoms with van der Waals surface area (Å²) < 4.78 is 4.50. The molecule has 1 aliphatic heterocycles. The molecule has 158 valence electrons. The number of amides is 3. The Morgan fingerprint density at radius 3 is 2.29 bits per heavy atom. The standard InChI is InChI=1S/C23H21N3O5/c1-13(23(30)31-4)24-22(29)14(2)26-20-11-17(5-6-18(20)12-21(26)28)16-7-9-19(10-8-16)25-15(3)27/h5-11H,1-2,12H2,3-4H3,(H,24,29)(H,25,27). The van der Waals surface area contributed by atoms with E-state index in [4.69, 9.17) is 0 Å². The lowest BCUT2D eigenvalue weighted by molar-refractivity contribution is -0.137. The van der Waals surface area contributed by atoms with Gasteiger partial charge >= 0.3 is 5.97 Å². The Balaban J connectivity index is 1.86. The number of ether oxygens (including phenoxy) is 1.